The fraction of sp³-hybridized carbons (Fsp3) is 0.444. The van der Waals surface area contributed by atoms with E-state index >= 15 is 0 Å². The third-order valence-corrected chi connectivity index (χ3v) is 4.68. The maximum Gasteiger partial charge on any atom is 0.317 e. The van der Waals surface area contributed by atoms with Crippen LogP contribution in [0.4, 0.5) is 0 Å². The van der Waals surface area contributed by atoms with Crippen LogP contribution >= 0.6 is 0 Å². The van der Waals surface area contributed by atoms with Gasteiger partial charge in [0.2, 0.25) is 0 Å². The molecule has 0 atom stereocenters. The molecule has 0 radical (unpaired) electrons. The molecule has 122 valence electrons. The molecule has 1 aliphatic heterocycles. The Kier molecular flexibility index (Phi) is 4.88. The summed E-state index contributed by atoms with van der Waals surface area (Å²) in [6, 6.07) is 10.8. The third kappa shape index (κ3) is 3.86. The summed E-state index contributed by atoms with van der Waals surface area (Å²) in [5.74, 6) is -0.753. The van der Waals surface area contributed by atoms with Gasteiger partial charge in [0.15, 0.2) is 0 Å². The number of para-hydroxylation sites is 1. The van der Waals surface area contributed by atoms with E-state index in [-0.39, 0.29) is 6.54 Å². The standard InChI is InChI=1S/C18H23N3O2/c1-20(13-17(22)23)16-7-10-21(11-8-16)12-15-5-2-4-14-6-3-9-19-18(14)15/h2-6,9,16H,7-8,10-13H2,1H3,(H,22,23). The second kappa shape index (κ2) is 7.06. The predicted octanol–water partition coefficient (Wildman–Crippen LogP) is 2.22. The van der Waals surface area contributed by atoms with Gasteiger partial charge in [0.1, 0.15) is 0 Å². The smallest absolute Gasteiger partial charge is 0.317 e. The number of likely N-dealkylation sites (N-methyl/N-ethyl adjacent to an activating group) is 1. The molecule has 0 amide bonds. The van der Waals surface area contributed by atoms with Crippen molar-refractivity contribution in [3.8, 4) is 0 Å². The zero-order chi connectivity index (χ0) is 16.2. The van der Waals surface area contributed by atoms with Crippen molar-refractivity contribution in [3.05, 3.63) is 42.1 Å². The molecule has 0 unspecified atom stereocenters. The number of hydrogen-bond acceptors (Lipinski definition) is 4. The van der Waals surface area contributed by atoms with Crippen molar-refractivity contribution in [1.29, 1.82) is 0 Å². The van der Waals surface area contributed by atoms with Gasteiger partial charge in [0, 0.05) is 24.2 Å². The first kappa shape index (κ1) is 15.9. The Labute approximate surface area is 136 Å². The number of benzene rings is 1. The minimum absolute atomic E-state index is 0.123. The van der Waals surface area contributed by atoms with Crippen molar-refractivity contribution >= 4 is 16.9 Å². The number of carboxylic acid groups (broad SMARTS) is 1. The van der Waals surface area contributed by atoms with Gasteiger partial charge in [-0.2, -0.15) is 0 Å². The Morgan fingerprint density at radius 1 is 1.30 bits per heavy atom. The molecule has 23 heavy (non-hydrogen) atoms. The van der Waals surface area contributed by atoms with Crippen molar-refractivity contribution in [2.75, 3.05) is 26.7 Å². The maximum absolute atomic E-state index is 10.8. The maximum atomic E-state index is 10.8. The van der Waals surface area contributed by atoms with Crippen LogP contribution in [-0.2, 0) is 11.3 Å². The van der Waals surface area contributed by atoms with Gasteiger partial charge >= 0.3 is 5.97 Å². The normalized spacial score (nSPS) is 17.0. The van der Waals surface area contributed by atoms with Crippen molar-refractivity contribution < 1.29 is 9.90 Å². The van der Waals surface area contributed by atoms with E-state index in [1.807, 2.05) is 24.2 Å². The van der Waals surface area contributed by atoms with Gasteiger partial charge in [-0.15, -0.1) is 0 Å². The molecule has 2 heterocycles. The van der Waals surface area contributed by atoms with Crippen molar-refractivity contribution in [2.24, 2.45) is 0 Å². The summed E-state index contributed by atoms with van der Waals surface area (Å²) in [4.78, 5) is 19.7. The number of aromatic nitrogens is 1. The number of carbonyl (C=O) groups is 1. The molecule has 5 heteroatoms. The Hall–Kier alpha value is -1.98. The molecule has 2 aromatic rings. The summed E-state index contributed by atoms with van der Waals surface area (Å²) in [7, 11) is 1.91. The van der Waals surface area contributed by atoms with Crippen LogP contribution in [0, 0.1) is 0 Å². The quantitative estimate of drug-likeness (QED) is 0.917. The number of nitrogens with zero attached hydrogens (tertiary/aromatic N) is 3. The van der Waals surface area contributed by atoms with Crippen molar-refractivity contribution in [2.45, 2.75) is 25.4 Å². The van der Waals surface area contributed by atoms with E-state index < -0.39 is 5.97 Å². The molecule has 1 aliphatic rings. The molecule has 1 aromatic carbocycles. The number of fused-ring (bicyclic) bond motifs is 1. The predicted molar refractivity (Wildman–Crippen MR) is 90.3 cm³/mol. The number of likely N-dealkylation sites (tertiary alicyclic amines) is 1. The lowest BCUT2D eigenvalue weighted by molar-refractivity contribution is -0.138. The lowest BCUT2D eigenvalue weighted by Crippen LogP contribution is -2.44. The van der Waals surface area contributed by atoms with Gasteiger partial charge in [-0.3, -0.25) is 19.6 Å². The summed E-state index contributed by atoms with van der Waals surface area (Å²) < 4.78 is 0. The van der Waals surface area contributed by atoms with E-state index in [1.165, 1.54) is 10.9 Å². The van der Waals surface area contributed by atoms with E-state index in [9.17, 15) is 4.79 Å². The Morgan fingerprint density at radius 2 is 2.04 bits per heavy atom. The molecule has 0 aliphatic carbocycles. The van der Waals surface area contributed by atoms with E-state index in [0.717, 1.165) is 38.0 Å². The minimum Gasteiger partial charge on any atom is -0.480 e. The number of pyridine rings is 1. The second-order valence-electron chi connectivity index (χ2n) is 6.31. The molecule has 0 spiro atoms. The first-order valence-electron chi connectivity index (χ1n) is 8.10. The van der Waals surface area contributed by atoms with E-state index in [1.54, 1.807) is 0 Å². The monoisotopic (exact) mass is 313 g/mol. The number of aliphatic carboxylic acids is 1. The van der Waals surface area contributed by atoms with Gasteiger partial charge < -0.3 is 5.11 Å². The molecule has 1 N–H and O–H groups in total. The highest BCUT2D eigenvalue weighted by Crippen LogP contribution is 2.21. The fourth-order valence-corrected chi connectivity index (χ4v) is 3.40. The van der Waals surface area contributed by atoms with E-state index in [0.29, 0.717) is 6.04 Å². The number of rotatable bonds is 5. The number of carboxylic acids is 1. The average molecular weight is 313 g/mol. The first-order chi connectivity index (χ1) is 11.1. The van der Waals surface area contributed by atoms with Crippen LogP contribution in [0.5, 0.6) is 0 Å². The molecule has 0 bridgehead atoms. The summed E-state index contributed by atoms with van der Waals surface area (Å²) in [6.07, 6.45) is 3.88. The fourth-order valence-electron chi connectivity index (χ4n) is 3.40. The van der Waals surface area contributed by atoms with Crippen LogP contribution in [0.2, 0.25) is 0 Å². The molecular formula is C18H23N3O2. The van der Waals surface area contributed by atoms with Crippen LogP contribution in [-0.4, -0.2) is 58.6 Å². The summed E-state index contributed by atoms with van der Waals surface area (Å²) in [5, 5.41) is 10.1. The van der Waals surface area contributed by atoms with Gasteiger partial charge in [-0.1, -0.05) is 24.3 Å². The molecule has 1 fully saturated rings. The van der Waals surface area contributed by atoms with E-state index in [2.05, 4.69) is 34.1 Å². The highest BCUT2D eigenvalue weighted by Gasteiger charge is 2.23. The zero-order valence-electron chi connectivity index (χ0n) is 13.5. The largest absolute Gasteiger partial charge is 0.480 e. The zero-order valence-corrected chi connectivity index (χ0v) is 13.5. The summed E-state index contributed by atoms with van der Waals surface area (Å²) in [6.45, 7) is 3.03. The van der Waals surface area contributed by atoms with Crippen LogP contribution in [0.25, 0.3) is 10.9 Å². The lowest BCUT2D eigenvalue weighted by atomic mass is 10.0. The minimum atomic E-state index is -0.753. The van der Waals surface area contributed by atoms with Crippen LogP contribution in [0.15, 0.2) is 36.5 Å². The molecule has 5 nitrogen and oxygen atoms in total. The number of piperidine rings is 1. The van der Waals surface area contributed by atoms with Crippen LogP contribution in [0.3, 0.4) is 0 Å². The van der Waals surface area contributed by atoms with Crippen LogP contribution in [0.1, 0.15) is 18.4 Å². The van der Waals surface area contributed by atoms with Gasteiger partial charge in [-0.25, -0.2) is 0 Å². The van der Waals surface area contributed by atoms with E-state index in [4.69, 9.17) is 5.11 Å². The Morgan fingerprint density at radius 3 is 2.78 bits per heavy atom. The topological polar surface area (TPSA) is 56.7 Å². The Balaban J connectivity index is 1.61. The second-order valence-corrected chi connectivity index (χ2v) is 6.31. The van der Waals surface area contributed by atoms with Crippen molar-refractivity contribution in [1.82, 2.24) is 14.8 Å². The van der Waals surface area contributed by atoms with Gasteiger partial charge in [-0.05, 0) is 44.6 Å². The van der Waals surface area contributed by atoms with Crippen molar-refractivity contribution in [3.63, 3.8) is 0 Å². The average Bonchev–Trinajstić information content (AvgIpc) is 2.55. The van der Waals surface area contributed by atoms with Gasteiger partial charge in [0.25, 0.3) is 0 Å². The summed E-state index contributed by atoms with van der Waals surface area (Å²) >= 11 is 0. The molecule has 1 saturated heterocycles. The molecule has 3 rings (SSSR count). The first-order valence-corrected chi connectivity index (χ1v) is 8.10. The molecule has 1 aromatic heterocycles. The molecule has 0 saturated carbocycles. The number of hydrogen-bond donors (Lipinski definition) is 1. The summed E-state index contributed by atoms with van der Waals surface area (Å²) in [5.41, 5.74) is 2.35. The highest BCUT2D eigenvalue weighted by atomic mass is 16.4. The molecular weight excluding hydrogens is 290 g/mol. The Bertz CT molecular complexity index is 676. The van der Waals surface area contributed by atoms with Crippen LogP contribution < -0.4 is 0 Å². The SMILES string of the molecule is CN(CC(=O)O)C1CCN(Cc2cccc3cccnc23)CC1. The third-order valence-electron chi connectivity index (χ3n) is 4.68. The lowest BCUT2D eigenvalue weighted by Gasteiger charge is -2.36. The highest BCUT2D eigenvalue weighted by molar-refractivity contribution is 5.81. The van der Waals surface area contributed by atoms with Gasteiger partial charge in [0.05, 0.1) is 12.1 Å².